The van der Waals surface area contributed by atoms with Crippen molar-refractivity contribution >= 4 is 0 Å². The van der Waals surface area contributed by atoms with E-state index in [0.29, 0.717) is 5.92 Å². The predicted molar refractivity (Wildman–Crippen MR) is 53.0 cm³/mol. The summed E-state index contributed by atoms with van der Waals surface area (Å²) in [6.45, 7) is 5.98. The molecular formula is C12H15. The fourth-order valence-corrected chi connectivity index (χ4v) is 1.33. The van der Waals surface area contributed by atoms with Gasteiger partial charge in [0, 0.05) is 0 Å². The zero-order valence-corrected chi connectivity index (χ0v) is 7.59. The van der Waals surface area contributed by atoms with Crippen LogP contribution in [0.3, 0.4) is 0 Å². The third-order valence-electron chi connectivity index (χ3n) is 1.94. The average molecular weight is 159 g/mol. The van der Waals surface area contributed by atoms with Crippen molar-refractivity contribution in [2.75, 3.05) is 0 Å². The quantitative estimate of drug-likeness (QED) is 0.592. The Morgan fingerprint density at radius 2 is 2.17 bits per heavy atom. The first-order chi connectivity index (χ1) is 5.83. The topological polar surface area (TPSA) is 0 Å². The predicted octanol–water partition coefficient (Wildman–Crippen LogP) is 3.24. The molecule has 0 aliphatic carbocycles. The molecular weight excluding hydrogens is 144 g/mol. The van der Waals surface area contributed by atoms with E-state index < -0.39 is 0 Å². The molecule has 1 atom stereocenters. The summed E-state index contributed by atoms with van der Waals surface area (Å²) < 4.78 is 0. The van der Waals surface area contributed by atoms with Gasteiger partial charge in [-0.3, -0.25) is 0 Å². The van der Waals surface area contributed by atoms with Crippen LogP contribution in [0.2, 0.25) is 0 Å². The normalized spacial score (nSPS) is 12.4. The first-order valence-electron chi connectivity index (χ1n) is 4.39. The summed E-state index contributed by atoms with van der Waals surface area (Å²) in [5.41, 5.74) is 1.39. The van der Waals surface area contributed by atoms with Gasteiger partial charge in [-0.15, -0.1) is 6.58 Å². The number of allylic oxidation sites excluding steroid dienone is 1. The van der Waals surface area contributed by atoms with Gasteiger partial charge in [-0.25, -0.2) is 0 Å². The summed E-state index contributed by atoms with van der Waals surface area (Å²) >= 11 is 0. The largest absolute Gasteiger partial charge is 0.103 e. The number of rotatable bonds is 4. The fourth-order valence-electron chi connectivity index (χ4n) is 1.33. The molecule has 1 aromatic rings. The highest BCUT2D eigenvalue weighted by atomic mass is 14.0. The Morgan fingerprint density at radius 1 is 1.50 bits per heavy atom. The first kappa shape index (κ1) is 9.05. The van der Waals surface area contributed by atoms with E-state index in [4.69, 9.17) is 0 Å². The summed E-state index contributed by atoms with van der Waals surface area (Å²) in [7, 11) is 0. The molecule has 0 fully saturated rings. The Labute approximate surface area is 74.9 Å². The van der Waals surface area contributed by atoms with Crippen LogP contribution in [0.1, 0.15) is 18.9 Å². The minimum atomic E-state index is 0.699. The van der Waals surface area contributed by atoms with Crippen molar-refractivity contribution in [3.05, 3.63) is 48.6 Å². The van der Waals surface area contributed by atoms with E-state index >= 15 is 0 Å². The SMILES string of the molecule is C=CC[C@H](C)Cc1cc[c]cc1. The molecule has 0 heterocycles. The second kappa shape index (κ2) is 4.76. The molecule has 0 aliphatic heterocycles. The highest BCUT2D eigenvalue weighted by molar-refractivity contribution is 5.14. The molecule has 1 radical (unpaired) electrons. The lowest BCUT2D eigenvalue weighted by Crippen LogP contribution is -1.97. The molecule has 1 rings (SSSR count). The van der Waals surface area contributed by atoms with E-state index in [2.05, 4.69) is 31.7 Å². The number of hydrogen-bond acceptors (Lipinski definition) is 0. The summed E-state index contributed by atoms with van der Waals surface area (Å²) in [6, 6.07) is 11.2. The van der Waals surface area contributed by atoms with E-state index in [1.54, 1.807) is 0 Å². The summed E-state index contributed by atoms with van der Waals surface area (Å²) in [5, 5.41) is 0. The molecule has 0 saturated carbocycles. The van der Waals surface area contributed by atoms with Gasteiger partial charge in [-0.2, -0.15) is 0 Å². The number of hydrogen-bond donors (Lipinski definition) is 0. The van der Waals surface area contributed by atoms with Crippen molar-refractivity contribution in [1.82, 2.24) is 0 Å². The van der Waals surface area contributed by atoms with Gasteiger partial charge in [0.1, 0.15) is 0 Å². The minimum Gasteiger partial charge on any atom is -0.103 e. The van der Waals surface area contributed by atoms with Gasteiger partial charge < -0.3 is 0 Å². The third kappa shape index (κ3) is 2.91. The van der Waals surface area contributed by atoms with Crippen molar-refractivity contribution in [2.45, 2.75) is 19.8 Å². The van der Waals surface area contributed by atoms with Gasteiger partial charge >= 0.3 is 0 Å². The second-order valence-corrected chi connectivity index (χ2v) is 3.24. The van der Waals surface area contributed by atoms with Crippen LogP contribution in [0, 0.1) is 12.0 Å². The molecule has 12 heavy (non-hydrogen) atoms. The standard InChI is InChI=1S/C12H15/c1-3-7-11(2)10-12-8-5-4-6-9-12/h3,5-6,8-9,11H,1,7,10H2,2H3/t11-/m0/s1. The first-order valence-corrected chi connectivity index (χ1v) is 4.39. The van der Waals surface area contributed by atoms with E-state index in [9.17, 15) is 0 Å². The molecule has 63 valence electrons. The highest BCUT2D eigenvalue weighted by Gasteiger charge is 1.99. The Hall–Kier alpha value is -1.04. The van der Waals surface area contributed by atoms with Gasteiger partial charge in [-0.05, 0) is 30.4 Å². The zero-order valence-electron chi connectivity index (χ0n) is 7.59. The maximum absolute atomic E-state index is 3.74. The van der Waals surface area contributed by atoms with Gasteiger partial charge in [0.15, 0.2) is 0 Å². The number of benzene rings is 1. The summed E-state index contributed by atoms with van der Waals surface area (Å²) in [5.74, 6) is 0.699. The van der Waals surface area contributed by atoms with Crippen molar-refractivity contribution < 1.29 is 0 Å². The molecule has 0 amide bonds. The molecule has 0 unspecified atom stereocenters. The molecule has 0 spiro atoms. The Kier molecular flexibility index (Phi) is 3.59. The van der Waals surface area contributed by atoms with Crippen molar-refractivity contribution in [2.24, 2.45) is 5.92 Å². The van der Waals surface area contributed by atoms with Crippen LogP contribution in [0.5, 0.6) is 0 Å². The smallest absolute Gasteiger partial charge is 0.0184 e. The van der Waals surface area contributed by atoms with E-state index in [1.165, 1.54) is 5.56 Å². The molecule has 1 aromatic carbocycles. The maximum Gasteiger partial charge on any atom is -0.0184 e. The van der Waals surface area contributed by atoms with Crippen LogP contribution in [-0.2, 0) is 6.42 Å². The summed E-state index contributed by atoms with van der Waals surface area (Å²) in [4.78, 5) is 0. The molecule has 0 saturated heterocycles. The van der Waals surface area contributed by atoms with Crippen LogP contribution in [0.15, 0.2) is 36.9 Å². The highest BCUT2D eigenvalue weighted by Crippen LogP contribution is 2.11. The monoisotopic (exact) mass is 159 g/mol. The molecule has 0 aliphatic rings. The Morgan fingerprint density at radius 3 is 2.75 bits per heavy atom. The Balaban J connectivity index is 2.46. The van der Waals surface area contributed by atoms with E-state index in [1.807, 2.05) is 18.2 Å². The third-order valence-corrected chi connectivity index (χ3v) is 1.94. The average Bonchev–Trinajstić information content (AvgIpc) is 2.06. The maximum atomic E-state index is 3.74. The molecule has 0 N–H and O–H groups in total. The van der Waals surface area contributed by atoms with E-state index in [-0.39, 0.29) is 0 Å². The van der Waals surface area contributed by atoms with Gasteiger partial charge in [0.2, 0.25) is 0 Å². The van der Waals surface area contributed by atoms with Crippen LogP contribution in [0.4, 0.5) is 0 Å². The molecule has 0 heteroatoms. The lowest BCUT2D eigenvalue weighted by molar-refractivity contribution is 0.590. The fraction of sp³-hybridized carbons (Fsp3) is 0.333. The Bertz CT molecular complexity index is 223. The van der Waals surface area contributed by atoms with Crippen LogP contribution >= 0.6 is 0 Å². The minimum absolute atomic E-state index is 0.699. The van der Waals surface area contributed by atoms with Gasteiger partial charge in [0.25, 0.3) is 0 Å². The van der Waals surface area contributed by atoms with Crippen LogP contribution in [0.25, 0.3) is 0 Å². The van der Waals surface area contributed by atoms with Crippen LogP contribution in [-0.4, -0.2) is 0 Å². The molecule has 0 nitrogen and oxygen atoms in total. The zero-order chi connectivity index (χ0) is 8.81. The lowest BCUT2D eigenvalue weighted by atomic mass is 9.98. The van der Waals surface area contributed by atoms with Gasteiger partial charge in [0.05, 0.1) is 0 Å². The summed E-state index contributed by atoms with van der Waals surface area (Å²) in [6.07, 6.45) is 4.22. The van der Waals surface area contributed by atoms with E-state index in [0.717, 1.165) is 12.8 Å². The lowest BCUT2D eigenvalue weighted by Gasteiger charge is -2.07. The van der Waals surface area contributed by atoms with Crippen molar-refractivity contribution in [3.8, 4) is 0 Å². The molecule has 0 bridgehead atoms. The molecule has 0 aromatic heterocycles. The van der Waals surface area contributed by atoms with Crippen molar-refractivity contribution in [1.29, 1.82) is 0 Å². The van der Waals surface area contributed by atoms with Crippen LogP contribution < -0.4 is 0 Å². The van der Waals surface area contributed by atoms with Crippen molar-refractivity contribution in [3.63, 3.8) is 0 Å². The van der Waals surface area contributed by atoms with Gasteiger partial charge in [-0.1, -0.05) is 37.3 Å². The second-order valence-electron chi connectivity index (χ2n) is 3.24.